The van der Waals surface area contributed by atoms with Crippen LogP contribution < -0.4 is 4.90 Å². The maximum Gasteiger partial charge on any atom is 0.262 e. The van der Waals surface area contributed by atoms with E-state index >= 15 is 0 Å². The average molecular weight is 240 g/mol. The van der Waals surface area contributed by atoms with Crippen LogP contribution in [0.25, 0.3) is 0 Å². The molecule has 1 aliphatic rings. The third-order valence-corrected chi connectivity index (χ3v) is 3.15. The molecule has 3 rings (SSSR count). The lowest BCUT2D eigenvalue weighted by atomic mass is 10.2. The Balaban J connectivity index is 2.13. The second kappa shape index (κ2) is 3.92. The summed E-state index contributed by atoms with van der Waals surface area (Å²) in [6.07, 6.45) is 0.575. The highest BCUT2D eigenvalue weighted by molar-refractivity contribution is 6.10. The molecular formula is C14H12N2O2. The number of aryl methyl sites for hydroxylation is 1. The molecule has 1 amide bonds. The SMILES string of the molecule is Cc1ccccc1N1C(=O)c2cccnc2C1O. The van der Waals surface area contributed by atoms with E-state index in [-0.39, 0.29) is 5.91 Å². The van der Waals surface area contributed by atoms with Crippen LogP contribution in [0, 0.1) is 6.92 Å². The van der Waals surface area contributed by atoms with E-state index in [9.17, 15) is 9.90 Å². The number of fused-ring (bicyclic) bond motifs is 1. The first-order chi connectivity index (χ1) is 8.70. The number of carbonyl (C=O) groups is 1. The number of hydrogen-bond acceptors (Lipinski definition) is 3. The molecule has 0 radical (unpaired) electrons. The molecule has 1 atom stereocenters. The lowest BCUT2D eigenvalue weighted by Crippen LogP contribution is -2.28. The molecule has 1 aromatic carbocycles. The van der Waals surface area contributed by atoms with Crippen molar-refractivity contribution in [1.29, 1.82) is 0 Å². The smallest absolute Gasteiger partial charge is 0.262 e. The minimum Gasteiger partial charge on any atom is -0.368 e. The zero-order valence-electron chi connectivity index (χ0n) is 9.87. The van der Waals surface area contributed by atoms with E-state index in [4.69, 9.17) is 0 Å². The number of carbonyl (C=O) groups excluding carboxylic acids is 1. The maximum absolute atomic E-state index is 12.3. The summed E-state index contributed by atoms with van der Waals surface area (Å²) < 4.78 is 0. The van der Waals surface area contributed by atoms with Gasteiger partial charge in [0.2, 0.25) is 0 Å². The van der Waals surface area contributed by atoms with Crippen molar-refractivity contribution in [2.24, 2.45) is 0 Å². The van der Waals surface area contributed by atoms with Gasteiger partial charge in [0.25, 0.3) is 5.91 Å². The predicted molar refractivity (Wildman–Crippen MR) is 67.2 cm³/mol. The normalized spacial score (nSPS) is 18.0. The molecule has 2 heterocycles. The molecule has 0 aliphatic carbocycles. The molecule has 2 aromatic rings. The van der Waals surface area contributed by atoms with Gasteiger partial charge in [-0.2, -0.15) is 0 Å². The van der Waals surface area contributed by atoms with Crippen LogP contribution in [-0.4, -0.2) is 16.0 Å². The van der Waals surface area contributed by atoms with E-state index in [1.807, 2.05) is 31.2 Å². The number of amides is 1. The zero-order chi connectivity index (χ0) is 12.7. The van der Waals surface area contributed by atoms with Gasteiger partial charge in [-0.25, -0.2) is 0 Å². The van der Waals surface area contributed by atoms with Gasteiger partial charge in [-0.05, 0) is 30.7 Å². The number of aromatic nitrogens is 1. The first kappa shape index (κ1) is 10.9. The van der Waals surface area contributed by atoms with Crippen LogP contribution in [0.4, 0.5) is 5.69 Å². The van der Waals surface area contributed by atoms with Gasteiger partial charge >= 0.3 is 0 Å². The Labute approximate surface area is 105 Å². The van der Waals surface area contributed by atoms with Crippen LogP contribution in [0.3, 0.4) is 0 Å². The monoisotopic (exact) mass is 240 g/mol. The fourth-order valence-corrected chi connectivity index (χ4v) is 2.24. The van der Waals surface area contributed by atoms with E-state index in [0.29, 0.717) is 16.9 Å². The van der Waals surface area contributed by atoms with Crippen molar-refractivity contribution in [3.8, 4) is 0 Å². The van der Waals surface area contributed by atoms with Crippen molar-refractivity contribution in [2.45, 2.75) is 13.2 Å². The molecule has 0 bridgehead atoms. The van der Waals surface area contributed by atoms with E-state index in [0.717, 1.165) is 5.56 Å². The summed E-state index contributed by atoms with van der Waals surface area (Å²) in [6, 6.07) is 10.9. The Bertz CT molecular complexity index is 625. The van der Waals surface area contributed by atoms with Crippen molar-refractivity contribution in [3.63, 3.8) is 0 Å². The van der Waals surface area contributed by atoms with Gasteiger partial charge < -0.3 is 5.11 Å². The minimum atomic E-state index is -1.00. The topological polar surface area (TPSA) is 53.4 Å². The fraction of sp³-hybridized carbons (Fsp3) is 0.143. The molecule has 1 N–H and O–H groups in total. The van der Waals surface area contributed by atoms with E-state index < -0.39 is 6.23 Å². The number of aliphatic hydroxyl groups is 1. The largest absolute Gasteiger partial charge is 0.368 e. The highest BCUT2D eigenvalue weighted by atomic mass is 16.3. The minimum absolute atomic E-state index is 0.208. The summed E-state index contributed by atoms with van der Waals surface area (Å²) in [4.78, 5) is 17.8. The second-order valence-corrected chi connectivity index (χ2v) is 4.27. The number of anilines is 1. The van der Waals surface area contributed by atoms with Gasteiger partial charge in [0.1, 0.15) is 5.69 Å². The zero-order valence-corrected chi connectivity index (χ0v) is 9.87. The van der Waals surface area contributed by atoms with Gasteiger partial charge in [-0.3, -0.25) is 14.7 Å². The van der Waals surface area contributed by atoms with Crippen molar-refractivity contribution < 1.29 is 9.90 Å². The van der Waals surface area contributed by atoms with Gasteiger partial charge in [-0.15, -0.1) is 0 Å². The molecule has 0 saturated heterocycles. The van der Waals surface area contributed by atoms with Gasteiger partial charge in [0, 0.05) is 11.9 Å². The van der Waals surface area contributed by atoms with Crippen LogP contribution >= 0.6 is 0 Å². The van der Waals surface area contributed by atoms with Crippen molar-refractivity contribution >= 4 is 11.6 Å². The molecule has 18 heavy (non-hydrogen) atoms. The lowest BCUT2D eigenvalue weighted by Gasteiger charge is -2.22. The number of pyridine rings is 1. The molecule has 0 spiro atoms. The van der Waals surface area contributed by atoms with Gasteiger partial charge in [-0.1, -0.05) is 18.2 Å². The predicted octanol–water partition coefficient (Wildman–Crippen LogP) is 2.04. The Kier molecular flexibility index (Phi) is 2.38. The molecule has 0 saturated carbocycles. The quantitative estimate of drug-likeness (QED) is 0.829. The molecule has 0 fully saturated rings. The van der Waals surface area contributed by atoms with E-state index in [2.05, 4.69) is 4.98 Å². The first-order valence-electron chi connectivity index (χ1n) is 5.72. The number of para-hydroxylation sites is 1. The summed E-state index contributed by atoms with van der Waals surface area (Å²) >= 11 is 0. The summed E-state index contributed by atoms with van der Waals surface area (Å²) in [5.74, 6) is -0.208. The fourth-order valence-electron chi connectivity index (χ4n) is 2.24. The van der Waals surface area contributed by atoms with Crippen LogP contribution in [-0.2, 0) is 0 Å². The summed E-state index contributed by atoms with van der Waals surface area (Å²) in [7, 11) is 0. The van der Waals surface area contributed by atoms with Crippen molar-refractivity contribution in [3.05, 3.63) is 59.4 Å². The van der Waals surface area contributed by atoms with Gasteiger partial charge in [0.15, 0.2) is 6.23 Å². The van der Waals surface area contributed by atoms with E-state index in [1.165, 1.54) is 4.90 Å². The summed E-state index contributed by atoms with van der Waals surface area (Å²) in [5, 5.41) is 10.2. The molecule has 1 aliphatic heterocycles. The number of benzene rings is 1. The van der Waals surface area contributed by atoms with Crippen molar-refractivity contribution in [1.82, 2.24) is 4.98 Å². The highest BCUT2D eigenvalue weighted by Crippen LogP contribution is 2.35. The molecule has 90 valence electrons. The Morgan fingerprint density at radius 3 is 2.72 bits per heavy atom. The Morgan fingerprint density at radius 1 is 1.22 bits per heavy atom. The van der Waals surface area contributed by atoms with Gasteiger partial charge in [0.05, 0.1) is 5.56 Å². The summed E-state index contributed by atoms with van der Waals surface area (Å²) in [6.45, 7) is 1.91. The van der Waals surface area contributed by atoms with Crippen molar-refractivity contribution in [2.75, 3.05) is 4.90 Å². The highest BCUT2D eigenvalue weighted by Gasteiger charge is 2.37. The maximum atomic E-state index is 12.3. The van der Waals surface area contributed by atoms with Crippen LogP contribution in [0.15, 0.2) is 42.6 Å². The number of rotatable bonds is 1. The van der Waals surface area contributed by atoms with E-state index in [1.54, 1.807) is 18.3 Å². The van der Waals surface area contributed by atoms with Crippen LogP contribution in [0.5, 0.6) is 0 Å². The number of aliphatic hydroxyl groups excluding tert-OH is 1. The number of hydrogen-bond donors (Lipinski definition) is 1. The standard InChI is InChI=1S/C14H12N2O2/c1-9-5-2-3-7-11(9)16-13(17)10-6-4-8-15-12(10)14(16)18/h2-8,14,18H,1H3. The summed E-state index contributed by atoms with van der Waals surface area (Å²) in [5.41, 5.74) is 2.55. The number of nitrogens with zero attached hydrogens (tertiary/aromatic N) is 2. The molecule has 4 heteroatoms. The second-order valence-electron chi connectivity index (χ2n) is 4.27. The molecule has 1 aromatic heterocycles. The molecule has 1 unspecified atom stereocenters. The average Bonchev–Trinajstić information content (AvgIpc) is 2.64. The third kappa shape index (κ3) is 1.43. The molecule has 4 nitrogen and oxygen atoms in total. The third-order valence-electron chi connectivity index (χ3n) is 3.15. The van der Waals surface area contributed by atoms with Crippen LogP contribution in [0.1, 0.15) is 27.8 Å². The van der Waals surface area contributed by atoms with Crippen LogP contribution in [0.2, 0.25) is 0 Å². The Morgan fingerprint density at radius 2 is 2.00 bits per heavy atom. The Hall–Kier alpha value is -2.20. The first-order valence-corrected chi connectivity index (χ1v) is 5.72. The lowest BCUT2D eigenvalue weighted by molar-refractivity contribution is 0.0933. The molecular weight excluding hydrogens is 228 g/mol.